The van der Waals surface area contributed by atoms with Crippen LogP contribution < -0.4 is 14.4 Å². The minimum atomic E-state index is -3.72. The van der Waals surface area contributed by atoms with Gasteiger partial charge in [0.25, 0.3) is 10.0 Å². The fourth-order valence-corrected chi connectivity index (χ4v) is 4.14. The second kappa shape index (κ2) is 7.54. The molecule has 0 atom stereocenters. The van der Waals surface area contributed by atoms with Crippen LogP contribution in [0.15, 0.2) is 47.4 Å². The number of anilines is 2. The van der Waals surface area contributed by atoms with Gasteiger partial charge in [-0.2, -0.15) is 0 Å². The lowest BCUT2D eigenvalue weighted by molar-refractivity contribution is 0.340. The molecule has 0 radical (unpaired) electrons. The van der Waals surface area contributed by atoms with Crippen molar-refractivity contribution in [3.63, 3.8) is 0 Å². The summed E-state index contributed by atoms with van der Waals surface area (Å²) in [6.45, 7) is 4.37. The minimum Gasteiger partial charge on any atom is -0.494 e. The van der Waals surface area contributed by atoms with E-state index in [-0.39, 0.29) is 4.90 Å². The zero-order valence-electron chi connectivity index (χ0n) is 14.0. The van der Waals surface area contributed by atoms with Crippen molar-refractivity contribution in [3.05, 3.63) is 47.5 Å². The molecule has 2 aromatic carbocycles. The van der Waals surface area contributed by atoms with E-state index < -0.39 is 10.0 Å². The second-order valence-corrected chi connectivity index (χ2v) is 7.96. The third-order valence-corrected chi connectivity index (χ3v) is 5.82. The normalized spacial score (nSPS) is 14.6. The molecule has 0 bridgehead atoms. The average Bonchev–Trinajstić information content (AvgIpc) is 3.12. The quantitative estimate of drug-likeness (QED) is 0.818. The highest BCUT2D eigenvalue weighted by molar-refractivity contribution is 7.92. The zero-order valence-corrected chi connectivity index (χ0v) is 15.6. The lowest BCUT2D eigenvalue weighted by Gasteiger charge is -2.19. The molecule has 1 N–H and O–H groups in total. The Kier molecular flexibility index (Phi) is 5.39. The van der Waals surface area contributed by atoms with Gasteiger partial charge in [-0.25, -0.2) is 8.42 Å². The van der Waals surface area contributed by atoms with Gasteiger partial charge in [0, 0.05) is 18.8 Å². The Morgan fingerprint density at radius 1 is 1.12 bits per heavy atom. The van der Waals surface area contributed by atoms with E-state index in [0.29, 0.717) is 23.1 Å². The molecule has 25 heavy (non-hydrogen) atoms. The molecule has 0 unspecified atom stereocenters. The molecule has 0 aromatic heterocycles. The first-order valence-electron chi connectivity index (χ1n) is 8.30. The Hall–Kier alpha value is -1.92. The highest BCUT2D eigenvalue weighted by Gasteiger charge is 2.18. The van der Waals surface area contributed by atoms with Crippen LogP contribution >= 0.6 is 11.6 Å². The van der Waals surface area contributed by atoms with Crippen molar-refractivity contribution in [2.24, 2.45) is 0 Å². The predicted octanol–water partition coefficient (Wildman–Crippen LogP) is 4.14. The molecule has 0 aliphatic carbocycles. The van der Waals surface area contributed by atoms with Gasteiger partial charge in [-0.15, -0.1) is 0 Å². The van der Waals surface area contributed by atoms with Crippen molar-refractivity contribution in [1.82, 2.24) is 0 Å². The van der Waals surface area contributed by atoms with Gasteiger partial charge < -0.3 is 9.64 Å². The van der Waals surface area contributed by atoms with Crippen LogP contribution in [0.2, 0.25) is 5.02 Å². The predicted molar refractivity (Wildman–Crippen MR) is 101 cm³/mol. The summed E-state index contributed by atoms with van der Waals surface area (Å²) in [5.74, 6) is 0.635. The second-order valence-electron chi connectivity index (χ2n) is 5.87. The molecule has 134 valence electrons. The highest BCUT2D eigenvalue weighted by atomic mass is 35.5. The Labute approximate surface area is 153 Å². The number of nitrogens with one attached hydrogen (secondary N) is 1. The number of rotatable bonds is 6. The topological polar surface area (TPSA) is 58.6 Å². The first-order chi connectivity index (χ1) is 12.0. The summed E-state index contributed by atoms with van der Waals surface area (Å²) in [7, 11) is -3.72. The minimum absolute atomic E-state index is 0.165. The zero-order chi connectivity index (χ0) is 17.9. The number of halogens is 1. The van der Waals surface area contributed by atoms with E-state index >= 15 is 0 Å². The van der Waals surface area contributed by atoms with Gasteiger partial charge in [-0.05, 0) is 62.2 Å². The standard InChI is InChI=1S/C18H21ClN2O3S/c1-2-24-15-6-8-16(9-7-15)25(22,23)20-18-13-14(5-10-17(18)19)21-11-3-4-12-21/h5-10,13,20H,2-4,11-12H2,1H3. The summed E-state index contributed by atoms with van der Waals surface area (Å²) < 4.78 is 33.2. The molecule has 0 saturated carbocycles. The van der Waals surface area contributed by atoms with Gasteiger partial charge >= 0.3 is 0 Å². The number of hydrogen-bond acceptors (Lipinski definition) is 4. The van der Waals surface area contributed by atoms with E-state index in [0.717, 1.165) is 31.6 Å². The first-order valence-corrected chi connectivity index (χ1v) is 10.2. The third-order valence-electron chi connectivity index (χ3n) is 4.11. The summed E-state index contributed by atoms with van der Waals surface area (Å²) in [5, 5.41) is 0.373. The van der Waals surface area contributed by atoms with Crippen LogP contribution in [0, 0.1) is 0 Å². The van der Waals surface area contributed by atoms with Crippen molar-refractivity contribution in [2.45, 2.75) is 24.7 Å². The third kappa shape index (κ3) is 4.19. The molecule has 0 spiro atoms. The van der Waals surface area contributed by atoms with Crippen LogP contribution in [0.25, 0.3) is 0 Å². The van der Waals surface area contributed by atoms with E-state index in [9.17, 15) is 8.42 Å². The van der Waals surface area contributed by atoms with Gasteiger partial charge in [-0.3, -0.25) is 4.72 Å². The molecule has 1 fully saturated rings. The average molecular weight is 381 g/mol. The molecular formula is C18H21ClN2O3S. The molecule has 1 aliphatic rings. The Morgan fingerprint density at radius 2 is 1.80 bits per heavy atom. The maximum atomic E-state index is 12.6. The molecular weight excluding hydrogens is 360 g/mol. The number of benzene rings is 2. The van der Waals surface area contributed by atoms with E-state index in [1.807, 2.05) is 13.0 Å². The molecule has 1 heterocycles. The molecule has 5 nitrogen and oxygen atoms in total. The van der Waals surface area contributed by atoms with Crippen LogP contribution in [-0.2, 0) is 10.0 Å². The van der Waals surface area contributed by atoms with Gasteiger partial charge in [0.2, 0.25) is 0 Å². The Morgan fingerprint density at radius 3 is 2.44 bits per heavy atom. The summed E-state index contributed by atoms with van der Waals surface area (Å²) in [4.78, 5) is 2.39. The SMILES string of the molecule is CCOc1ccc(S(=O)(=O)Nc2cc(N3CCCC3)ccc2Cl)cc1. The monoisotopic (exact) mass is 380 g/mol. The molecule has 1 saturated heterocycles. The van der Waals surface area contributed by atoms with Gasteiger partial charge in [-0.1, -0.05) is 11.6 Å². The van der Waals surface area contributed by atoms with Crippen molar-refractivity contribution >= 4 is 33.0 Å². The lowest BCUT2D eigenvalue weighted by atomic mass is 10.2. The summed E-state index contributed by atoms with van der Waals surface area (Å²) >= 11 is 6.20. The van der Waals surface area contributed by atoms with E-state index in [1.54, 1.807) is 24.3 Å². The lowest BCUT2D eigenvalue weighted by Crippen LogP contribution is -2.18. The Bertz CT molecular complexity index is 832. The van der Waals surface area contributed by atoms with Gasteiger partial charge in [0.1, 0.15) is 5.75 Å². The van der Waals surface area contributed by atoms with Crippen LogP contribution in [0.1, 0.15) is 19.8 Å². The van der Waals surface area contributed by atoms with Crippen LogP contribution in [0.5, 0.6) is 5.75 Å². The van der Waals surface area contributed by atoms with Crippen LogP contribution in [0.4, 0.5) is 11.4 Å². The van der Waals surface area contributed by atoms with E-state index in [1.165, 1.54) is 12.1 Å². The van der Waals surface area contributed by atoms with Crippen molar-refractivity contribution in [3.8, 4) is 5.75 Å². The fraction of sp³-hybridized carbons (Fsp3) is 0.333. The van der Waals surface area contributed by atoms with Crippen LogP contribution in [-0.4, -0.2) is 28.1 Å². The molecule has 7 heteroatoms. The van der Waals surface area contributed by atoms with Crippen molar-refractivity contribution in [1.29, 1.82) is 0 Å². The molecule has 0 amide bonds. The first kappa shape index (κ1) is 17.9. The smallest absolute Gasteiger partial charge is 0.261 e. The number of nitrogens with zero attached hydrogens (tertiary/aromatic N) is 1. The number of ether oxygens (including phenoxy) is 1. The highest BCUT2D eigenvalue weighted by Crippen LogP contribution is 2.31. The van der Waals surface area contributed by atoms with E-state index in [2.05, 4.69) is 9.62 Å². The van der Waals surface area contributed by atoms with Crippen molar-refractivity contribution < 1.29 is 13.2 Å². The van der Waals surface area contributed by atoms with Crippen LogP contribution in [0.3, 0.4) is 0 Å². The summed E-state index contributed by atoms with van der Waals surface area (Å²) in [5.41, 5.74) is 1.37. The molecule has 3 rings (SSSR count). The maximum Gasteiger partial charge on any atom is 0.261 e. The summed E-state index contributed by atoms with van der Waals surface area (Å²) in [6, 6.07) is 11.8. The fourth-order valence-electron chi connectivity index (χ4n) is 2.85. The largest absolute Gasteiger partial charge is 0.494 e. The van der Waals surface area contributed by atoms with E-state index in [4.69, 9.17) is 16.3 Å². The molecule has 1 aliphatic heterocycles. The van der Waals surface area contributed by atoms with Gasteiger partial charge in [0.05, 0.1) is 22.2 Å². The number of sulfonamides is 1. The maximum absolute atomic E-state index is 12.6. The molecule has 2 aromatic rings. The summed E-state index contributed by atoms with van der Waals surface area (Å²) in [6.07, 6.45) is 2.30. The van der Waals surface area contributed by atoms with Crippen molar-refractivity contribution in [2.75, 3.05) is 29.3 Å². The Balaban J connectivity index is 1.83. The van der Waals surface area contributed by atoms with Gasteiger partial charge in [0.15, 0.2) is 0 Å². The number of hydrogen-bond donors (Lipinski definition) is 1.